The van der Waals surface area contributed by atoms with Crippen molar-refractivity contribution in [2.75, 3.05) is 6.61 Å². The lowest BCUT2D eigenvalue weighted by molar-refractivity contribution is -0.384. The third kappa shape index (κ3) is 7.94. The Labute approximate surface area is 134 Å². The van der Waals surface area contributed by atoms with Crippen LogP contribution in [0.4, 0.5) is 5.69 Å². The van der Waals surface area contributed by atoms with Crippen molar-refractivity contribution in [3.05, 3.63) is 34.4 Å². The largest absolute Gasteiger partial charge is 0.466 e. The first-order valence-electron chi connectivity index (χ1n) is 7.63. The molecule has 0 N–H and O–H groups in total. The van der Waals surface area contributed by atoms with Gasteiger partial charge in [0.1, 0.15) is 5.75 Å². The maximum absolute atomic E-state index is 11.6. The van der Waals surface area contributed by atoms with Crippen LogP contribution in [0, 0.1) is 10.1 Å². The number of ether oxygens (including phenoxy) is 2. The molecule has 0 bridgehead atoms. The fraction of sp³-hybridized carbons (Fsp3) is 0.500. The molecular weight excluding hydrogens is 302 g/mol. The lowest BCUT2D eigenvalue weighted by Gasteiger charge is -2.05. The number of unbranched alkanes of at least 4 members (excludes halogenated alkanes) is 2. The predicted molar refractivity (Wildman–Crippen MR) is 83.1 cm³/mol. The van der Waals surface area contributed by atoms with Crippen molar-refractivity contribution in [3.8, 4) is 5.75 Å². The monoisotopic (exact) mass is 323 g/mol. The van der Waals surface area contributed by atoms with Gasteiger partial charge in [0.05, 0.1) is 11.5 Å². The van der Waals surface area contributed by atoms with Crippen molar-refractivity contribution in [3.63, 3.8) is 0 Å². The maximum atomic E-state index is 11.6. The van der Waals surface area contributed by atoms with Gasteiger partial charge in [0.25, 0.3) is 5.69 Å². The number of non-ortho nitro benzene ring substituents is 1. The van der Waals surface area contributed by atoms with Gasteiger partial charge in [0.2, 0.25) is 0 Å². The normalized spacial score (nSPS) is 10.1. The highest BCUT2D eigenvalue weighted by Crippen LogP contribution is 2.18. The van der Waals surface area contributed by atoms with Gasteiger partial charge >= 0.3 is 11.9 Å². The molecule has 0 aliphatic heterocycles. The number of rotatable bonds is 10. The zero-order valence-electron chi connectivity index (χ0n) is 13.2. The Balaban J connectivity index is 2.21. The van der Waals surface area contributed by atoms with Crippen molar-refractivity contribution < 1.29 is 24.0 Å². The second-order valence-corrected chi connectivity index (χ2v) is 5.01. The number of esters is 2. The summed E-state index contributed by atoms with van der Waals surface area (Å²) < 4.78 is 10.1. The lowest BCUT2D eigenvalue weighted by Crippen LogP contribution is -2.10. The van der Waals surface area contributed by atoms with E-state index in [4.69, 9.17) is 9.47 Å². The molecule has 0 aliphatic rings. The molecule has 0 spiro atoms. The van der Waals surface area contributed by atoms with Gasteiger partial charge in [-0.2, -0.15) is 0 Å². The van der Waals surface area contributed by atoms with Crippen LogP contribution in [-0.4, -0.2) is 23.5 Å². The summed E-state index contributed by atoms with van der Waals surface area (Å²) in [6.07, 6.45) is 3.53. The van der Waals surface area contributed by atoms with Crippen molar-refractivity contribution in [2.24, 2.45) is 0 Å². The summed E-state index contributed by atoms with van der Waals surface area (Å²) in [5.74, 6) is -0.565. The van der Waals surface area contributed by atoms with E-state index in [0.29, 0.717) is 13.0 Å². The highest BCUT2D eigenvalue weighted by atomic mass is 16.6. The topological polar surface area (TPSA) is 95.7 Å². The third-order valence-corrected chi connectivity index (χ3v) is 3.05. The standard InChI is InChI=1S/C16H21NO6/c1-2-3-4-12-22-15(18)6-5-7-16(19)23-14-10-8-13(9-11-14)17(20)21/h8-11H,2-7,12H2,1H3. The summed E-state index contributed by atoms with van der Waals surface area (Å²) in [7, 11) is 0. The van der Waals surface area contributed by atoms with Gasteiger partial charge < -0.3 is 9.47 Å². The molecule has 0 saturated heterocycles. The molecule has 1 rings (SSSR count). The zero-order chi connectivity index (χ0) is 17.1. The number of nitro groups is 1. The van der Waals surface area contributed by atoms with Crippen LogP contribution in [0.2, 0.25) is 0 Å². The highest BCUT2D eigenvalue weighted by Gasteiger charge is 2.10. The molecule has 0 atom stereocenters. The molecule has 0 saturated carbocycles. The molecule has 0 heterocycles. The summed E-state index contributed by atoms with van der Waals surface area (Å²) in [5.41, 5.74) is -0.0735. The molecule has 126 valence electrons. The fourth-order valence-electron chi connectivity index (χ4n) is 1.81. The van der Waals surface area contributed by atoms with E-state index in [-0.39, 0.29) is 30.2 Å². The van der Waals surface area contributed by atoms with Gasteiger partial charge in [-0.15, -0.1) is 0 Å². The minimum Gasteiger partial charge on any atom is -0.466 e. The van der Waals surface area contributed by atoms with Crippen molar-refractivity contribution in [2.45, 2.75) is 45.4 Å². The van der Waals surface area contributed by atoms with Crippen molar-refractivity contribution in [1.29, 1.82) is 0 Å². The second kappa shape index (κ2) is 10.3. The van der Waals surface area contributed by atoms with Crippen LogP contribution in [0.25, 0.3) is 0 Å². The first kappa shape index (κ1) is 18.6. The van der Waals surface area contributed by atoms with Gasteiger partial charge in [-0.1, -0.05) is 19.8 Å². The number of hydrogen-bond donors (Lipinski definition) is 0. The lowest BCUT2D eigenvalue weighted by atomic mass is 10.2. The smallest absolute Gasteiger partial charge is 0.311 e. The van der Waals surface area contributed by atoms with Crippen LogP contribution in [0.15, 0.2) is 24.3 Å². The molecule has 7 nitrogen and oxygen atoms in total. The summed E-state index contributed by atoms with van der Waals surface area (Å²) in [5, 5.41) is 10.5. The average Bonchev–Trinajstić information content (AvgIpc) is 2.52. The quantitative estimate of drug-likeness (QED) is 0.215. The molecule has 0 radical (unpaired) electrons. The molecule has 7 heteroatoms. The molecule has 1 aromatic rings. The van der Waals surface area contributed by atoms with E-state index in [1.807, 2.05) is 0 Å². The van der Waals surface area contributed by atoms with E-state index in [0.717, 1.165) is 19.3 Å². The Morgan fingerprint density at radius 2 is 1.70 bits per heavy atom. The Hall–Kier alpha value is -2.44. The number of carbonyl (C=O) groups excluding carboxylic acids is 2. The molecule has 0 aromatic heterocycles. The van der Waals surface area contributed by atoms with Gasteiger partial charge in [0, 0.05) is 25.0 Å². The summed E-state index contributed by atoms with van der Waals surface area (Å²) in [6, 6.07) is 5.24. The van der Waals surface area contributed by atoms with Crippen LogP contribution in [0.5, 0.6) is 5.75 Å². The predicted octanol–water partition coefficient (Wildman–Crippen LogP) is 3.40. The van der Waals surface area contributed by atoms with E-state index < -0.39 is 10.9 Å². The minimum absolute atomic E-state index is 0.0735. The first-order valence-corrected chi connectivity index (χ1v) is 7.63. The number of hydrogen-bond acceptors (Lipinski definition) is 6. The van der Waals surface area contributed by atoms with Gasteiger partial charge in [-0.25, -0.2) is 0 Å². The Morgan fingerprint density at radius 3 is 2.30 bits per heavy atom. The van der Waals surface area contributed by atoms with Crippen LogP contribution >= 0.6 is 0 Å². The molecule has 0 fully saturated rings. The Morgan fingerprint density at radius 1 is 1.04 bits per heavy atom. The van der Waals surface area contributed by atoms with Gasteiger partial charge in [-0.05, 0) is 25.0 Å². The zero-order valence-corrected chi connectivity index (χ0v) is 13.2. The Bertz CT molecular complexity index is 526. The van der Waals surface area contributed by atoms with Crippen molar-refractivity contribution in [1.82, 2.24) is 0 Å². The summed E-state index contributed by atoms with van der Waals surface area (Å²) in [6.45, 7) is 2.48. The van der Waals surface area contributed by atoms with Crippen LogP contribution in [-0.2, 0) is 14.3 Å². The number of carbonyl (C=O) groups is 2. The van der Waals surface area contributed by atoms with E-state index >= 15 is 0 Å². The second-order valence-electron chi connectivity index (χ2n) is 5.01. The molecule has 0 aliphatic carbocycles. The van der Waals surface area contributed by atoms with Crippen LogP contribution in [0.3, 0.4) is 0 Å². The summed E-state index contributed by atoms with van der Waals surface area (Å²) >= 11 is 0. The van der Waals surface area contributed by atoms with Crippen LogP contribution in [0.1, 0.15) is 45.4 Å². The molecule has 1 aromatic carbocycles. The SMILES string of the molecule is CCCCCOC(=O)CCCC(=O)Oc1ccc([N+](=O)[O-])cc1. The molecular formula is C16H21NO6. The van der Waals surface area contributed by atoms with E-state index in [1.54, 1.807) is 0 Å². The van der Waals surface area contributed by atoms with Crippen LogP contribution < -0.4 is 4.74 Å². The maximum Gasteiger partial charge on any atom is 0.311 e. The first-order chi connectivity index (χ1) is 11.0. The third-order valence-electron chi connectivity index (χ3n) is 3.05. The van der Waals surface area contributed by atoms with E-state index in [2.05, 4.69) is 6.92 Å². The highest BCUT2D eigenvalue weighted by molar-refractivity contribution is 5.74. The van der Waals surface area contributed by atoms with Gasteiger partial charge in [-0.3, -0.25) is 19.7 Å². The summed E-state index contributed by atoms with van der Waals surface area (Å²) in [4.78, 5) is 33.0. The number of benzene rings is 1. The Kier molecular flexibility index (Phi) is 8.34. The number of nitrogens with zero attached hydrogens (tertiary/aromatic N) is 1. The van der Waals surface area contributed by atoms with Gasteiger partial charge in [0.15, 0.2) is 0 Å². The van der Waals surface area contributed by atoms with E-state index in [1.165, 1.54) is 24.3 Å². The van der Waals surface area contributed by atoms with Crippen molar-refractivity contribution >= 4 is 17.6 Å². The number of nitro benzene ring substituents is 1. The van der Waals surface area contributed by atoms with E-state index in [9.17, 15) is 19.7 Å². The average molecular weight is 323 g/mol. The fourth-order valence-corrected chi connectivity index (χ4v) is 1.81. The minimum atomic E-state index is -0.530. The molecule has 0 amide bonds. The molecule has 23 heavy (non-hydrogen) atoms. The molecule has 0 unspecified atom stereocenters.